The van der Waals surface area contributed by atoms with Crippen LogP contribution in [-0.4, -0.2) is 51.7 Å². The third kappa shape index (κ3) is 4.60. The van der Waals surface area contributed by atoms with Crippen molar-refractivity contribution in [2.45, 2.75) is 26.7 Å². The van der Waals surface area contributed by atoms with Gasteiger partial charge in [-0.1, -0.05) is 19.9 Å². The van der Waals surface area contributed by atoms with Crippen molar-refractivity contribution >= 4 is 45.0 Å². The largest absolute Gasteiger partial charge is 0.422 e. The lowest BCUT2D eigenvalue weighted by molar-refractivity contribution is 0.101. The van der Waals surface area contributed by atoms with Gasteiger partial charge < -0.3 is 20.0 Å². The molecule has 0 saturated carbocycles. The molecular weight excluding hydrogens is 506 g/mol. The van der Waals surface area contributed by atoms with E-state index < -0.39 is 5.63 Å². The quantitative estimate of drug-likeness (QED) is 0.236. The summed E-state index contributed by atoms with van der Waals surface area (Å²) in [5.41, 5.74) is 5.03. The summed E-state index contributed by atoms with van der Waals surface area (Å²) in [5, 5.41) is 13.0. The first-order chi connectivity index (χ1) is 19.3. The minimum Gasteiger partial charge on any atom is -0.422 e. The summed E-state index contributed by atoms with van der Waals surface area (Å²) in [6.07, 6.45) is 1.71. The summed E-state index contributed by atoms with van der Waals surface area (Å²) in [4.78, 5) is 36.5. The van der Waals surface area contributed by atoms with Crippen LogP contribution in [0.25, 0.3) is 33.1 Å². The molecule has 40 heavy (non-hydrogen) atoms. The summed E-state index contributed by atoms with van der Waals surface area (Å²) in [6.45, 7) is 8.67. The van der Waals surface area contributed by atoms with Gasteiger partial charge in [0.25, 0.3) is 0 Å². The number of fused-ring (bicyclic) bond motifs is 2. The van der Waals surface area contributed by atoms with E-state index in [-0.39, 0.29) is 11.3 Å². The SMILES string of the molecule is CC(=O)c1c(N2CCNCC2)c2ccc(Nc3nccc(-c4ccc5nn(C)c(C(C)C)c5c4)n3)cc2oc1=O. The first-order valence-corrected chi connectivity index (χ1v) is 13.4. The molecule has 0 aliphatic carbocycles. The van der Waals surface area contributed by atoms with Crippen LogP contribution in [0.2, 0.25) is 0 Å². The number of piperazine rings is 1. The van der Waals surface area contributed by atoms with Crippen molar-refractivity contribution in [3.8, 4) is 11.3 Å². The summed E-state index contributed by atoms with van der Waals surface area (Å²) in [7, 11) is 1.97. The van der Waals surface area contributed by atoms with E-state index in [0.717, 1.165) is 40.6 Å². The standard InChI is InChI=1S/C30H31N7O3/c1-17(2)27-22-15-19(5-8-24(22)35-36(27)4)23-9-10-32-30(34-23)33-20-6-7-21-25(16-20)40-29(39)26(18(3)38)28(21)37-13-11-31-12-14-37/h5-10,15-17,31H,11-14H2,1-4H3,(H,32,33,34). The van der Waals surface area contributed by atoms with Crippen LogP contribution in [0.15, 0.2) is 57.9 Å². The number of aryl methyl sites for hydroxylation is 1. The highest BCUT2D eigenvalue weighted by molar-refractivity contribution is 6.07. The van der Waals surface area contributed by atoms with Gasteiger partial charge in [-0.2, -0.15) is 5.10 Å². The normalized spacial score (nSPS) is 13.9. The maximum absolute atomic E-state index is 12.9. The molecule has 2 N–H and O–H groups in total. The van der Waals surface area contributed by atoms with Crippen molar-refractivity contribution in [2.75, 3.05) is 36.4 Å². The van der Waals surface area contributed by atoms with Gasteiger partial charge in [0.1, 0.15) is 11.1 Å². The van der Waals surface area contributed by atoms with Crippen LogP contribution in [0.5, 0.6) is 0 Å². The number of benzene rings is 2. The Morgan fingerprint density at radius 3 is 2.62 bits per heavy atom. The predicted octanol–water partition coefficient (Wildman–Crippen LogP) is 4.62. The molecule has 1 aliphatic heterocycles. The highest BCUT2D eigenvalue weighted by Gasteiger charge is 2.24. The number of nitrogens with one attached hydrogen (secondary N) is 2. The third-order valence-corrected chi connectivity index (χ3v) is 7.30. The molecule has 0 unspecified atom stereocenters. The van der Waals surface area contributed by atoms with Crippen molar-refractivity contribution < 1.29 is 9.21 Å². The molecule has 0 amide bonds. The number of carbonyl (C=O) groups excluding carboxylic acids is 1. The van der Waals surface area contributed by atoms with Gasteiger partial charge in [0, 0.05) is 73.2 Å². The zero-order chi connectivity index (χ0) is 28.0. The van der Waals surface area contributed by atoms with E-state index in [2.05, 4.69) is 45.5 Å². The fourth-order valence-corrected chi connectivity index (χ4v) is 5.56. The molecule has 1 saturated heterocycles. The summed E-state index contributed by atoms with van der Waals surface area (Å²) < 4.78 is 7.56. The maximum Gasteiger partial charge on any atom is 0.349 e. The van der Waals surface area contributed by atoms with Crippen LogP contribution in [0.4, 0.5) is 17.3 Å². The topological polar surface area (TPSA) is 118 Å². The number of carbonyl (C=O) groups is 1. The third-order valence-electron chi connectivity index (χ3n) is 7.30. The smallest absolute Gasteiger partial charge is 0.349 e. The lowest BCUT2D eigenvalue weighted by Gasteiger charge is -2.31. The van der Waals surface area contributed by atoms with Crippen LogP contribution in [-0.2, 0) is 7.05 Å². The van der Waals surface area contributed by atoms with Gasteiger partial charge in [0.15, 0.2) is 5.78 Å². The molecule has 0 radical (unpaired) electrons. The van der Waals surface area contributed by atoms with Crippen molar-refractivity contribution in [1.29, 1.82) is 0 Å². The average Bonchev–Trinajstić information content (AvgIpc) is 3.27. The number of Topliss-reactive ketones (excluding diaryl/α,β-unsaturated/α-hetero) is 1. The molecule has 1 aliphatic rings. The van der Waals surface area contributed by atoms with E-state index in [9.17, 15) is 9.59 Å². The van der Waals surface area contributed by atoms with Gasteiger partial charge in [0.05, 0.1) is 16.9 Å². The van der Waals surface area contributed by atoms with E-state index in [1.165, 1.54) is 12.6 Å². The van der Waals surface area contributed by atoms with Crippen molar-refractivity contribution in [3.63, 3.8) is 0 Å². The molecule has 0 atom stereocenters. The molecule has 10 nitrogen and oxygen atoms in total. The molecule has 5 aromatic rings. The van der Waals surface area contributed by atoms with Crippen molar-refractivity contribution in [3.05, 3.63) is 70.3 Å². The molecule has 2 aromatic carbocycles. The number of ketones is 1. The first-order valence-electron chi connectivity index (χ1n) is 13.4. The van der Waals surface area contributed by atoms with E-state index in [0.29, 0.717) is 41.9 Å². The molecule has 4 heterocycles. The monoisotopic (exact) mass is 537 g/mol. The van der Waals surface area contributed by atoms with E-state index in [4.69, 9.17) is 9.40 Å². The second-order valence-corrected chi connectivity index (χ2v) is 10.4. The number of hydrogen-bond donors (Lipinski definition) is 2. The molecule has 204 valence electrons. The molecule has 10 heteroatoms. The number of hydrogen-bond acceptors (Lipinski definition) is 9. The number of rotatable bonds is 6. The molecule has 0 bridgehead atoms. The predicted molar refractivity (Wildman–Crippen MR) is 157 cm³/mol. The second-order valence-electron chi connectivity index (χ2n) is 10.4. The Labute approximate surface area is 231 Å². The maximum atomic E-state index is 12.9. The van der Waals surface area contributed by atoms with Gasteiger partial charge >= 0.3 is 5.63 Å². The van der Waals surface area contributed by atoms with E-state index in [1.54, 1.807) is 12.3 Å². The molecule has 1 fully saturated rings. The fraction of sp³-hybridized carbons (Fsp3) is 0.300. The van der Waals surface area contributed by atoms with Crippen molar-refractivity contribution in [1.82, 2.24) is 25.1 Å². The van der Waals surface area contributed by atoms with Crippen LogP contribution < -0.4 is 21.2 Å². The van der Waals surface area contributed by atoms with Crippen LogP contribution in [0.1, 0.15) is 42.7 Å². The molecular formula is C30H31N7O3. The van der Waals surface area contributed by atoms with Crippen LogP contribution >= 0.6 is 0 Å². The average molecular weight is 538 g/mol. The molecule has 0 spiro atoms. The Morgan fingerprint density at radius 2 is 1.88 bits per heavy atom. The Kier molecular flexibility index (Phi) is 6.55. The Hall–Kier alpha value is -4.57. The second kappa shape index (κ2) is 10.2. The Balaban J connectivity index is 1.35. The zero-order valence-electron chi connectivity index (χ0n) is 23.0. The highest BCUT2D eigenvalue weighted by Crippen LogP contribution is 2.33. The number of anilines is 3. The van der Waals surface area contributed by atoms with Gasteiger partial charge in [-0.05, 0) is 43.2 Å². The lowest BCUT2D eigenvalue weighted by atomic mass is 10.0. The molecule has 3 aromatic heterocycles. The summed E-state index contributed by atoms with van der Waals surface area (Å²) in [6, 6.07) is 13.5. The van der Waals surface area contributed by atoms with Gasteiger partial charge in [-0.15, -0.1) is 0 Å². The lowest BCUT2D eigenvalue weighted by Crippen LogP contribution is -2.44. The number of aromatic nitrogens is 4. The van der Waals surface area contributed by atoms with E-state index >= 15 is 0 Å². The van der Waals surface area contributed by atoms with Gasteiger partial charge in [-0.25, -0.2) is 14.8 Å². The Morgan fingerprint density at radius 1 is 1.07 bits per heavy atom. The first kappa shape index (κ1) is 25.7. The van der Waals surface area contributed by atoms with Crippen LogP contribution in [0, 0.1) is 0 Å². The zero-order valence-corrected chi connectivity index (χ0v) is 23.0. The van der Waals surface area contributed by atoms with Gasteiger partial charge in [-0.3, -0.25) is 9.48 Å². The minimum absolute atomic E-state index is 0.0948. The molecule has 6 rings (SSSR count). The number of nitrogens with zero attached hydrogens (tertiary/aromatic N) is 5. The van der Waals surface area contributed by atoms with Crippen LogP contribution in [0.3, 0.4) is 0 Å². The Bertz CT molecular complexity index is 1820. The summed E-state index contributed by atoms with van der Waals surface area (Å²) >= 11 is 0. The fourth-order valence-electron chi connectivity index (χ4n) is 5.56. The minimum atomic E-state index is -0.629. The van der Waals surface area contributed by atoms with E-state index in [1.807, 2.05) is 42.1 Å². The van der Waals surface area contributed by atoms with Crippen molar-refractivity contribution in [2.24, 2.45) is 7.05 Å². The highest BCUT2D eigenvalue weighted by atomic mass is 16.4. The van der Waals surface area contributed by atoms with Gasteiger partial charge in [0.2, 0.25) is 5.95 Å². The summed E-state index contributed by atoms with van der Waals surface area (Å²) in [5.74, 6) is 0.443.